The van der Waals surface area contributed by atoms with E-state index in [1.807, 2.05) is 18.2 Å². The van der Waals surface area contributed by atoms with Crippen LogP contribution in [0.2, 0.25) is 0 Å². The first kappa shape index (κ1) is 25.7. The Morgan fingerprint density at radius 2 is 1.50 bits per heavy atom. The number of hydrogen-bond acceptors (Lipinski definition) is 6. The Labute approximate surface area is 211 Å². The molecule has 3 amide bonds. The molecule has 0 spiro atoms. The normalized spacial score (nSPS) is 17.6. The van der Waals surface area contributed by atoms with Crippen molar-refractivity contribution in [1.82, 2.24) is 10.2 Å². The van der Waals surface area contributed by atoms with Crippen LogP contribution in [0.15, 0.2) is 54.6 Å². The molecule has 9 heteroatoms. The molecule has 9 nitrogen and oxygen atoms in total. The lowest BCUT2D eigenvalue weighted by atomic mass is 9.79. The number of esters is 1. The summed E-state index contributed by atoms with van der Waals surface area (Å²) in [7, 11) is 0. The van der Waals surface area contributed by atoms with E-state index in [1.165, 1.54) is 6.42 Å². The third-order valence-electron chi connectivity index (χ3n) is 6.83. The summed E-state index contributed by atoms with van der Waals surface area (Å²) < 4.78 is 10.7. The van der Waals surface area contributed by atoms with Crippen LogP contribution in [-0.4, -0.2) is 67.8 Å². The maximum atomic E-state index is 12.5. The number of anilines is 2. The summed E-state index contributed by atoms with van der Waals surface area (Å²) in [5.74, 6) is -0.900. The molecule has 0 aromatic heterocycles. The number of para-hydroxylation sites is 1. The smallest absolute Gasteiger partial charge is 0.338 e. The van der Waals surface area contributed by atoms with E-state index < -0.39 is 5.97 Å². The number of urea groups is 1. The van der Waals surface area contributed by atoms with Gasteiger partial charge in [-0.25, -0.2) is 9.59 Å². The topological polar surface area (TPSA) is 109 Å². The van der Waals surface area contributed by atoms with Gasteiger partial charge in [0.25, 0.3) is 5.91 Å². The van der Waals surface area contributed by atoms with Gasteiger partial charge in [-0.05, 0) is 49.2 Å². The van der Waals surface area contributed by atoms with Crippen molar-refractivity contribution in [2.24, 2.45) is 0 Å². The summed E-state index contributed by atoms with van der Waals surface area (Å²) in [6.45, 7) is 3.41. The van der Waals surface area contributed by atoms with Crippen LogP contribution in [0.4, 0.5) is 16.2 Å². The molecular formula is C27H34N4O5. The molecule has 1 aliphatic heterocycles. The van der Waals surface area contributed by atoms with E-state index in [4.69, 9.17) is 9.47 Å². The van der Waals surface area contributed by atoms with Crippen molar-refractivity contribution in [1.29, 1.82) is 0 Å². The minimum absolute atomic E-state index is 0.0443. The second kappa shape index (κ2) is 12.5. The number of ether oxygens (including phenoxy) is 2. The number of hydrogen-bond donors (Lipinski definition) is 3. The molecule has 0 bridgehead atoms. The van der Waals surface area contributed by atoms with Gasteiger partial charge in [0, 0.05) is 36.5 Å². The van der Waals surface area contributed by atoms with Gasteiger partial charge < -0.3 is 25.4 Å². The van der Waals surface area contributed by atoms with Gasteiger partial charge in [-0.15, -0.1) is 0 Å². The van der Waals surface area contributed by atoms with Crippen molar-refractivity contribution in [2.75, 3.05) is 50.1 Å². The average molecular weight is 495 g/mol. The fourth-order valence-electron chi connectivity index (χ4n) is 4.89. The summed E-state index contributed by atoms with van der Waals surface area (Å²) in [5, 5.41) is 8.43. The highest BCUT2D eigenvalue weighted by Crippen LogP contribution is 2.33. The highest BCUT2D eigenvalue weighted by molar-refractivity contribution is 6.00. The minimum atomic E-state index is -0.592. The molecule has 2 aromatic rings. The minimum Gasteiger partial charge on any atom is -0.452 e. The van der Waals surface area contributed by atoms with E-state index >= 15 is 0 Å². The van der Waals surface area contributed by atoms with Crippen molar-refractivity contribution in [3.05, 3.63) is 60.2 Å². The van der Waals surface area contributed by atoms with Crippen LogP contribution in [0.1, 0.15) is 42.5 Å². The zero-order valence-electron chi connectivity index (χ0n) is 20.5. The molecule has 4 rings (SSSR count). The Morgan fingerprint density at radius 3 is 2.17 bits per heavy atom. The van der Waals surface area contributed by atoms with E-state index in [9.17, 15) is 14.4 Å². The van der Waals surface area contributed by atoms with E-state index in [0.29, 0.717) is 23.5 Å². The Bertz CT molecular complexity index is 1020. The van der Waals surface area contributed by atoms with E-state index in [1.54, 1.807) is 36.4 Å². The monoisotopic (exact) mass is 494 g/mol. The number of carbonyl (C=O) groups excluding carboxylic acids is 3. The van der Waals surface area contributed by atoms with Crippen LogP contribution in [0.5, 0.6) is 0 Å². The molecule has 1 heterocycles. The number of morpholine rings is 1. The quantitative estimate of drug-likeness (QED) is 0.484. The molecule has 192 valence electrons. The molecule has 1 saturated heterocycles. The average Bonchev–Trinajstić information content (AvgIpc) is 2.92. The van der Waals surface area contributed by atoms with Gasteiger partial charge in [0.1, 0.15) is 0 Å². The molecule has 36 heavy (non-hydrogen) atoms. The van der Waals surface area contributed by atoms with Crippen LogP contribution in [0, 0.1) is 0 Å². The van der Waals surface area contributed by atoms with Gasteiger partial charge in [0.2, 0.25) is 0 Å². The Balaban J connectivity index is 1.22. The SMILES string of the molecule is O=C(COC(=O)c1ccc(NC(=O)Nc2ccccc2)cc1)NCC1(N2CCOCC2)CCCCC1. The van der Waals surface area contributed by atoms with Gasteiger partial charge in [0.05, 0.1) is 18.8 Å². The van der Waals surface area contributed by atoms with Crippen LogP contribution in [-0.2, 0) is 14.3 Å². The molecule has 2 aliphatic rings. The Hall–Kier alpha value is -3.43. The summed E-state index contributed by atoms with van der Waals surface area (Å²) in [6.07, 6.45) is 5.64. The number of amides is 3. The van der Waals surface area contributed by atoms with Crippen molar-refractivity contribution in [2.45, 2.75) is 37.6 Å². The molecule has 2 aromatic carbocycles. The lowest BCUT2D eigenvalue weighted by Gasteiger charge is -2.48. The predicted molar refractivity (Wildman–Crippen MR) is 137 cm³/mol. The lowest BCUT2D eigenvalue weighted by Crippen LogP contribution is -2.59. The number of benzene rings is 2. The second-order valence-electron chi connectivity index (χ2n) is 9.26. The van der Waals surface area contributed by atoms with Crippen LogP contribution in [0.3, 0.4) is 0 Å². The number of nitrogens with zero attached hydrogens (tertiary/aromatic N) is 1. The number of nitrogens with one attached hydrogen (secondary N) is 3. The third-order valence-corrected chi connectivity index (χ3v) is 6.83. The van der Waals surface area contributed by atoms with Crippen molar-refractivity contribution in [3.8, 4) is 0 Å². The van der Waals surface area contributed by atoms with Crippen molar-refractivity contribution < 1.29 is 23.9 Å². The first-order chi connectivity index (χ1) is 17.5. The van der Waals surface area contributed by atoms with Gasteiger partial charge in [0.15, 0.2) is 6.61 Å². The molecule has 0 unspecified atom stereocenters. The van der Waals surface area contributed by atoms with Gasteiger partial charge in [-0.2, -0.15) is 0 Å². The van der Waals surface area contributed by atoms with E-state index in [0.717, 1.165) is 52.0 Å². The van der Waals surface area contributed by atoms with Crippen LogP contribution < -0.4 is 16.0 Å². The number of carbonyl (C=O) groups is 3. The molecule has 3 N–H and O–H groups in total. The Morgan fingerprint density at radius 1 is 0.861 bits per heavy atom. The summed E-state index contributed by atoms with van der Waals surface area (Å²) in [5.41, 5.74) is 1.46. The molecule has 1 saturated carbocycles. The fraction of sp³-hybridized carbons (Fsp3) is 0.444. The molecule has 0 radical (unpaired) electrons. The standard InChI is InChI=1S/C27H34N4O5/c32-24(28-20-27(13-5-2-6-14-27)31-15-17-35-18-16-31)19-36-25(33)21-9-11-23(12-10-21)30-26(34)29-22-7-3-1-4-8-22/h1,3-4,7-12H,2,5-6,13-20H2,(H,28,32)(H2,29,30,34). The molecular weight excluding hydrogens is 460 g/mol. The largest absolute Gasteiger partial charge is 0.452 e. The van der Waals surface area contributed by atoms with Crippen molar-refractivity contribution >= 4 is 29.3 Å². The summed E-state index contributed by atoms with van der Waals surface area (Å²) in [4.78, 5) is 39.5. The summed E-state index contributed by atoms with van der Waals surface area (Å²) >= 11 is 0. The maximum Gasteiger partial charge on any atom is 0.338 e. The molecule has 1 aliphatic carbocycles. The first-order valence-electron chi connectivity index (χ1n) is 12.5. The highest BCUT2D eigenvalue weighted by atomic mass is 16.5. The zero-order chi connectivity index (χ0) is 25.2. The van der Waals surface area contributed by atoms with Gasteiger partial charge >= 0.3 is 12.0 Å². The summed E-state index contributed by atoms with van der Waals surface area (Å²) in [6, 6.07) is 15.0. The first-order valence-corrected chi connectivity index (χ1v) is 12.5. The second-order valence-corrected chi connectivity index (χ2v) is 9.26. The molecule has 2 fully saturated rings. The third kappa shape index (κ3) is 7.05. The van der Waals surface area contributed by atoms with Gasteiger partial charge in [-0.3, -0.25) is 9.69 Å². The number of rotatable bonds is 8. The fourth-order valence-corrected chi connectivity index (χ4v) is 4.89. The Kier molecular flexibility index (Phi) is 8.91. The van der Waals surface area contributed by atoms with Crippen LogP contribution in [0.25, 0.3) is 0 Å². The van der Waals surface area contributed by atoms with E-state index in [2.05, 4.69) is 20.9 Å². The zero-order valence-corrected chi connectivity index (χ0v) is 20.5. The molecule has 0 atom stereocenters. The maximum absolute atomic E-state index is 12.5. The van der Waals surface area contributed by atoms with E-state index in [-0.39, 0.29) is 24.1 Å². The van der Waals surface area contributed by atoms with Gasteiger partial charge in [-0.1, -0.05) is 37.5 Å². The van der Waals surface area contributed by atoms with Crippen LogP contribution >= 0.6 is 0 Å². The highest BCUT2D eigenvalue weighted by Gasteiger charge is 2.38. The predicted octanol–water partition coefficient (Wildman–Crippen LogP) is 3.64. The van der Waals surface area contributed by atoms with Crippen molar-refractivity contribution in [3.63, 3.8) is 0 Å². The lowest BCUT2D eigenvalue weighted by molar-refractivity contribution is -0.125.